The lowest BCUT2D eigenvalue weighted by Gasteiger charge is -2.16. The Kier molecular flexibility index (Phi) is 8.15. The molecule has 0 aliphatic heterocycles. The van der Waals surface area contributed by atoms with Gasteiger partial charge in [-0.1, -0.05) is 170 Å². The molecule has 0 unspecified atom stereocenters. The van der Waals surface area contributed by atoms with Crippen molar-refractivity contribution in [3.63, 3.8) is 0 Å². The van der Waals surface area contributed by atoms with Gasteiger partial charge >= 0.3 is 0 Å². The molecule has 13 rings (SSSR count). The highest BCUT2D eigenvalue weighted by atomic mass is 16.3. The average molecular weight is 817 g/mol. The van der Waals surface area contributed by atoms with E-state index in [9.17, 15) is 0 Å². The second-order valence-electron chi connectivity index (χ2n) is 16.4. The fourth-order valence-electron chi connectivity index (χ4n) is 9.58. The molecule has 0 aliphatic rings. The van der Waals surface area contributed by atoms with Crippen molar-refractivity contribution < 1.29 is 4.42 Å². The van der Waals surface area contributed by atoms with E-state index in [0.717, 1.165) is 88.4 Å². The van der Waals surface area contributed by atoms with Crippen LogP contribution < -0.4 is 0 Å². The Morgan fingerprint density at radius 3 is 1.72 bits per heavy atom. The second-order valence-corrected chi connectivity index (χ2v) is 16.4. The van der Waals surface area contributed by atoms with Crippen molar-refractivity contribution in [2.75, 3.05) is 0 Å². The molecule has 298 valence electrons. The standard InChI is InChI=1S/C59H36N4O/c1-3-14-37(15-4-1)38-26-28-41(29-27-38)58-60-57(40-17-5-2-6-18-40)61-59(62-58)48-33-31-44(63-52-24-12-11-22-46(52)51-34-42-19-7-8-20-43(42)35-53(51)63)36-50(48)47-23-13-25-54-55(47)49-32-30-39-16-9-10-21-45(39)56(49)64-54/h1-36H. The molecule has 0 saturated carbocycles. The summed E-state index contributed by atoms with van der Waals surface area (Å²) in [6, 6.07) is 76.9. The van der Waals surface area contributed by atoms with Gasteiger partial charge < -0.3 is 8.98 Å². The fraction of sp³-hybridized carbons (Fsp3) is 0. The third kappa shape index (κ3) is 5.83. The lowest BCUT2D eigenvalue weighted by atomic mass is 9.93. The van der Waals surface area contributed by atoms with Gasteiger partial charge in [0.2, 0.25) is 0 Å². The van der Waals surface area contributed by atoms with E-state index in [1.807, 2.05) is 24.3 Å². The zero-order valence-electron chi connectivity index (χ0n) is 34.5. The van der Waals surface area contributed by atoms with Gasteiger partial charge in [-0.15, -0.1) is 0 Å². The Hall–Kier alpha value is -8.67. The summed E-state index contributed by atoms with van der Waals surface area (Å²) >= 11 is 0. The van der Waals surface area contributed by atoms with Crippen LogP contribution in [0.3, 0.4) is 0 Å². The van der Waals surface area contributed by atoms with Crippen LogP contribution in [0.5, 0.6) is 0 Å². The summed E-state index contributed by atoms with van der Waals surface area (Å²) < 4.78 is 9.18. The molecule has 0 radical (unpaired) electrons. The normalized spacial score (nSPS) is 11.8. The van der Waals surface area contributed by atoms with Crippen LogP contribution in [-0.4, -0.2) is 19.5 Å². The van der Waals surface area contributed by atoms with E-state index < -0.39 is 0 Å². The van der Waals surface area contributed by atoms with E-state index >= 15 is 0 Å². The van der Waals surface area contributed by atoms with Crippen molar-refractivity contribution in [2.45, 2.75) is 0 Å². The monoisotopic (exact) mass is 816 g/mol. The van der Waals surface area contributed by atoms with Gasteiger partial charge in [-0.2, -0.15) is 0 Å². The lowest BCUT2D eigenvalue weighted by molar-refractivity contribution is 0.673. The highest BCUT2D eigenvalue weighted by molar-refractivity contribution is 6.20. The van der Waals surface area contributed by atoms with Gasteiger partial charge in [-0.3, -0.25) is 0 Å². The number of hydrogen-bond acceptors (Lipinski definition) is 4. The Balaban J connectivity index is 1.09. The van der Waals surface area contributed by atoms with Gasteiger partial charge in [0.05, 0.1) is 11.0 Å². The Morgan fingerprint density at radius 2 is 0.938 bits per heavy atom. The molecule has 10 aromatic carbocycles. The zero-order valence-corrected chi connectivity index (χ0v) is 34.5. The maximum Gasteiger partial charge on any atom is 0.164 e. The van der Waals surface area contributed by atoms with Crippen LogP contribution in [0.1, 0.15) is 0 Å². The molecule has 3 heterocycles. The molecule has 5 nitrogen and oxygen atoms in total. The molecule has 0 bridgehead atoms. The van der Waals surface area contributed by atoms with Crippen LogP contribution >= 0.6 is 0 Å². The van der Waals surface area contributed by atoms with Gasteiger partial charge in [0.1, 0.15) is 11.2 Å². The second kappa shape index (κ2) is 14.5. The Bertz CT molecular complexity index is 3940. The maximum absolute atomic E-state index is 6.78. The van der Waals surface area contributed by atoms with Gasteiger partial charge in [-0.05, 0) is 86.9 Å². The zero-order chi connectivity index (χ0) is 42.1. The van der Waals surface area contributed by atoms with E-state index in [1.54, 1.807) is 0 Å². The molecule has 13 aromatic rings. The van der Waals surface area contributed by atoms with Gasteiger partial charge in [-0.25, -0.2) is 15.0 Å². The Morgan fingerprint density at radius 1 is 0.328 bits per heavy atom. The summed E-state index contributed by atoms with van der Waals surface area (Å²) in [6.07, 6.45) is 0. The molecule has 3 aromatic heterocycles. The van der Waals surface area contributed by atoms with Crippen LogP contribution in [-0.2, 0) is 0 Å². The number of hydrogen-bond donors (Lipinski definition) is 0. The molecule has 5 heteroatoms. The van der Waals surface area contributed by atoms with Gasteiger partial charge in [0, 0.05) is 49.3 Å². The van der Waals surface area contributed by atoms with E-state index in [2.05, 4.69) is 199 Å². The number of para-hydroxylation sites is 1. The molecule has 0 fully saturated rings. The van der Waals surface area contributed by atoms with Crippen LogP contribution in [0.4, 0.5) is 0 Å². The number of nitrogens with zero attached hydrogens (tertiary/aromatic N) is 4. The van der Waals surface area contributed by atoms with Crippen molar-refractivity contribution in [3.8, 4) is 62.1 Å². The van der Waals surface area contributed by atoms with E-state index in [1.165, 1.54) is 21.5 Å². The number of fused-ring (bicyclic) bond motifs is 9. The van der Waals surface area contributed by atoms with E-state index in [0.29, 0.717) is 17.5 Å². The summed E-state index contributed by atoms with van der Waals surface area (Å²) in [5, 5.41) is 9.16. The highest BCUT2D eigenvalue weighted by Crippen LogP contribution is 2.44. The smallest absolute Gasteiger partial charge is 0.164 e. The van der Waals surface area contributed by atoms with Crippen molar-refractivity contribution in [1.82, 2.24) is 19.5 Å². The summed E-state index contributed by atoms with van der Waals surface area (Å²) in [4.78, 5) is 15.8. The molecule has 0 amide bonds. The fourth-order valence-corrected chi connectivity index (χ4v) is 9.58. The molecular weight excluding hydrogens is 781 g/mol. The van der Waals surface area contributed by atoms with Crippen LogP contribution in [0.15, 0.2) is 223 Å². The first-order valence-electron chi connectivity index (χ1n) is 21.6. The van der Waals surface area contributed by atoms with Crippen molar-refractivity contribution >= 4 is 65.3 Å². The van der Waals surface area contributed by atoms with E-state index in [4.69, 9.17) is 19.4 Å². The number of rotatable bonds is 6. The number of benzene rings is 10. The third-order valence-corrected chi connectivity index (χ3v) is 12.6. The number of furan rings is 1. The number of aromatic nitrogens is 4. The van der Waals surface area contributed by atoms with Crippen LogP contribution in [0.25, 0.3) is 127 Å². The predicted octanol–water partition coefficient (Wildman–Crippen LogP) is 15.5. The van der Waals surface area contributed by atoms with Crippen LogP contribution in [0, 0.1) is 0 Å². The summed E-state index contributed by atoms with van der Waals surface area (Å²) in [6.45, 7) is 0. The average Bonchev–Trinajstić information content (AvgIpc) is 3.92. The SMILES string of the molecule is c1ccc(-c2ccc(-c3nc(-c4ccccc4)nc(-c4ccc(-n5c6ccccc6c6cc7ccccc7cc65)cc4-c4cccc5oc6c7ccccc7ccc6c45)n3)cc2)cc1. The minimum Gasteiger partial charge on any atom is -0.455 e. The minimum absolute atomic E-state index is 0.584. The Labute approximate surface area is 368 Å². The first-order valence-corrected chi connectivity index (χ1v) is 21.6. The maximum atomic E-state index is 6.78. The first-order chi connectivity index (χ1) is 31.7. The molecule has 0 spiro atoms. The van der Waals surface area contributed by atoms with Crippen molar-refractivity contribution in [2.24, 2.45) is 0 Å². The predicted molar refractivity (Wildman–Crippen MR) is 264 cm³/mol. The largest absolute Gasteiger partial charge is 0.455 e. The molecule has 0 N–H and O–H groups in total. The van der Waals surface area contributed by atoms with Crippen molar-refractivity contribution in [1.29, 1.82) is 0 Å². The van der Waals surface area contributed by atoms with Crippen LogP contribution in [0.2, 0.25) is 0 Å². The van der Waals surface area contributed by atoms with E-state index in [-0.39, 0.29) is 0 Å². The van der Waals surface area contributed by atoms with Crippen molar-refractivity contribution in [3.05, 3.63) is 218 Å². The lowest BCUT2D eigenvalue weighted by Crippen LogP contribution is -2.02. The van der Waals surface area contributed by atoms with Gasteiger partial charge in [0.25, 0.3) is 0 Å². The molecule has 64 heavy (non-hydrogen) atoms. The van der Waals surface area contributed by atoms with Gasteiger partial charge in [0.15, 0.2) is 17.5 Å². The molecular formula is C59H36N4O. The highest BCUT2D eigenvalue weighted by Gasteiger charge is 2.22. The minimum atomic E-state index is 0.584. The summed E-state index contributed by atoms with van der Waals surface area (Å²) in [5.41, 5.74) is 12.0. The third-order valence-electron chi connectivity index (χ3n) is 12.6. The molecule has 0 aliphatic carbocycles. The summed E-state index contributed by atoms with van der Waals surface area (Å²) in [5.74, 6) is 1.79. The molecule has 0 saturated heterocycles. The molecule has 0 atom stereocenters. The topological polar surface area (TPSA) is 56.7 Å². The quantitative estimate of drug-likeness (QED) is 0.168. The first kappa shape index (κ1) is 36.0. The summed E-state index contributed by atoms with van der Waals surface area (Å²) in [7, 11) is 0.